The van der Waals surface area contributed by atoms with Crippen molar-refractivity contribution in [2.24, 2.45) is 5.92 Å². The van der Waals surface area contributed by atoms with Gasteiger partial charge in [-0.25, -0.2) is 0 Å². The van der Waals surface area contributed by atoms with Gasteiger partial charge in [-0.1, -0.05) is 13.3 Å². The summed E-state index contributed by atoms with van der Waals surface area (Å²) in [6.07, 6.45) is 3.22. The van der Waals surface area contributed by atoms with Crippen molar-refractivity contribution in [3.63, 3.8) is 0 Å². The first-order chi connectivity index (χ1) is 9.13. The summed E-state index contributed by atoms with van der Waals surface area (Å²) in [5.41, 5.74) is 2.25. The number of aliphatic hydroxyl groups excluding tert-OH is 1. The first-order valence-electron chi connectivity index (χ1n) is 7.17. The Morgan fingerprint density at radius 2 is 2.11 bits per heavy atom. The van der Waals surface area contributed by atoms with Crippen molar-refractivity contribution in [2.75, 3.05) is 13.2 Å². The third-order valence-electron chi connectivity index (χ3n) is 3.41. The van der Waals surface area contributed by atoms with E-state index in [-0.39, 0.29) is 6.61 Å². The predicted octanol–water partition coefficient (Wildman–Crippen LogP) is 2.86. The molecule has 0 radical (unpaired) electrons. The Kier molecular flexibility index (Phi) is 7.64. The lowest BCUT2D eigenvalue weighted by molar-refractivity contribution is 0.247. The molecule has 0 amide bonds. The van der Waals surface area contributed by atoms with E-state index >= 15 is 0 Å². The third-order valence-corrected chi connectivity index (χ3v) is 4.44. The van der Waals surface area contributed by atoms with Crippen LogP contribution in [0.2, 0.25) is 0 Å². The number of nitrogens with one attached hydrogen (secondary N) is 1. The molecule has 0 spiro atoms. The van der Waals surface area contributed by atoms with Gasteiger partial charge in [-0.05, 0) is 55.1 Å². The highest BCUT2D eigenvalue weighted by molar-refractivity contribution is 9.10. The molecule has 0 aromatic carbocycles. The SMILES string of the molecule is CCCC(CCO)CNCc1c(Br)c(C)nn1CC. The van der Waals surface area contributed by atoms with Crippen LogP contribution < -0.4 is 5.32 Å². The van der Waals surface area contributed by atoms with Gasteiger partial charge in [0.25, 0.3) is 0 Å². The van der Waals surface area contributed by atoms with Crippen LogP contribution in [-0.4, -0.2) is 28.0 Å². The molecule has 0 fully saturated rings. The Bertz CT molecular complexity index is 373. The molecule has 0 bridgehead atoms. The topological polar surface area (TPSA) is 50.1 Å². The van der Waals surface area contributed by atoms with Gasteiger partial charge < -0.3 is 10.4 Å². The largest absolute Gasteiger partial charge is 0.396 e. The zero-order valence-electron chi connectivity index (χ0n) is 12.2. The van der Waals surface area contributed by atoms with Crippen LogP contribution in [0, 0.1) is 12.8 Å². The molecule has 110 valence electrons. The van der Waals surface area contributed by atoms with E-state index < -0.39 is 0 Å². The maximum Gasteiger partial charge on any atom is 0.0739 e. The molecule has 19 heavy (non-hydrogen) atoms. The van der Waals surface area contributed by atoms with Gasteiger partial charge in [0.15, 0.2) is 0 Å². The van der Waals surface area contributed by atoms with E-state index in [4.69, 9.17) is 5.11 Å². The lowest BCUT2D eigenvalue weighted by Crippen LogP contribution is -2.24. The van der Waals surface area contributed by atoms with E-state index in [1.54, 1.807) is 0 Å². The van der Waals surface area contributed by atoms with Crippen molar-refractivity contribution >= 4 is 15.9 Å². The molecule has 1 rings (SSSR count). The molecule has 2 N–H and O–H groups in total. The van der Waals surface area contributed by atoms with Crippen LogP contribution >= 0.6 is 15.9 Å². The molecule has 0 aliphatic heterocycles. The molecule has 1 heterocycles. The molecule has 0 aliphatic rings. The van der Waals surface area contributed by atoms with Gasteiger partial charge in [-0.3, -0.25) is 4.68 Å². The molecule has 0 aliphatic carbocycles. The fourth-order valence-electron chi connectivity index (χ4n) is 2.37. The Labute approximate surface area is 124 Å². The van der Waals surface area contributed by atoms with Gasteiger partial charge in [0.2, 0.25) is 0 Å². The maximum absolute atomic E-state index is 9.06. The Morgan fingerprint density at radius 3 is 2.68 bits per heavy atom. The molecule has 1 aromatic heterocycles. The second-order valence-corrected chi connectivity index (χ2v) is 5.75. The second kappa shape index (κ2) is 8.72. The van der Waals surface area contributed by atoms with Crippen molar-refractivity contribution in [3.8, 4) is 0 Å². The van der Waals surface area contributed by atoms with E-state index in [9.17, 15) is 0 Å². The number of aliphatic hydroxyl groups is 1. The molecule has 4 nitrogen and oxygen atoms in total. The number of aryl methyl sites for hydroxylation is 2. The summed E-state index contributed by atoms with van der Waals surface area (Å²) >= 11 is 3.61. The predicted molar refractivity (Wildman–Crippen MR) is 82.1 cm³/mol. The highest BCUT2D eigenvalue weighted by Crippen LogP contribution is 2.21. The summed E-state index contributed by atoms with van der Waals surface area (Å²) in [5, 5.41) is 17.0. The van der Waals surface area contributed by atoms with Gasteiger partial charge in [-0.15, -0.1) is 0 Å². The Morgan fingerprint density at radius 1 is 1.37 bits per heavy atom. The fourth-order valence-corrected chi connectivity index (χ4v) is 2.80. The molecule has 1 unspecified atom stereocenters. The quantitative estimate of drug-likeness (QED) is 0.731. The monoisotopic (exact) mass is 331 g/mol. The normalized spacial score (nSPS) is 12.9. The summed E-state index contributed by atoms with van der Waals surface area (Å²) in [5.74, 6) is 0.563. The summed E-state index contributed by atoms with van der Waals surface area (Å²) in [6, 6.07) is 0. The van der Waals surface area contributed by atoms with Crippen LogP contribution in [0.4, 0.5) is 0 Å². The summed E-state index contributed by atoms with van der Waals surface area (Å²) in [7, 11) is 0. The zero-order chi connectivity index (χ0) is 14.3. The molecule has 0 saturated carbocycles. The average molecular weight is 332 g/mol. The van der Waals surface area contributed by atoms with Gasteiger partial charge in [-0.2, -0.15) is 5.10 Å². The van der Waals surface area contributed by atoms with Crippen LogP contribution in [0.3, 0.4) is 0 Å². The Balaban J connectivity index is 2.52. The number of halogens is 1. The minimum absolute atomic E-state index is 0.280. The van der Waals surface area contributed by atoms with Crippen LogP contribution in [0.1, 0.15) is 44.5 Å². The van der Waals surface area contributed by atoms with Crippen LogP contribution in [0.5, 0.6) is 0 Å². The van der Waals surface area contributed by atoms with Crippen molar-refractivity contribution in [1.82, 2.24) is 15.1 Å². The van der Waals surface area contributed by atoms with E-state index in [1.165, 1.54) is 18.5 Å². The summed E-state index contributed by atoms with van der Waals surface area (Å²) < 4.78 is 3.14. The van der Waals surface area contributed by atoms with Gasteiger partial charge in [0.05, 0.1) is 15.9 Å². The molecule has 1 atom stereocenters. The van der Waals surface area contributed by atoms with E-state index in [0.717, 1.165) is 36.2 Å². The minimum atomic E-state index is 0.280. The van der Waals surface area contributed by atoms with Gasteiger partial charge in [0.1, 0.15) is 0 Å². The van der Waals surface area contributed by atoms with Crippen LogP contribution in [-0.2, 0) is 13.1 Å². The first-order valence-corrected chi connectivity index (χ1v) is 7.96. The van der Waals surface area contributed by atoms with Gasteiger partial charge in [0, 0.05) is 19.7 Å². The number of rotatable bonds is 9. The second-order valence-electron chi connectivity index (χ2n) is 4.96. The zero-order valence-corrected chi connectivity index (χ0v) is 13.8. The molecule has 5 heteroatoms. The van der Waals surface area contributed by atoms with Crippen LogP contribution in [0.25, 0.3) is 0 Å². The van der Waals surface area contributed by atoms with Crippen molar-refractivity contribution in [1.29, 1.82) is 0 Å². The summed E-state index contributed by atoms with van der Waals surface area (Å²) in [6.45, 7) is 9.26. The van der Waals surface area contributed by atoms with Crippen molar-refractivity contribution in [2.45, 2.75) is 53.1 Å². The standard InChI is InChI=1S/C14H26BrN3O/c1-4-6-12(7-8-19)9-16-10-13-14(15)11(3)17-18(13)5-2/h12,16,19H,4-10H2,1-3H3. The number of hydrogen-bond acceptors (Lipinski definition) is 3. The number of hydrogen-bond donors (Lipinski definition) is 2. The lowest BCUT2D eigenvalue weighted by Gasteiger charge is -2.16. The van der Waals surface area contributed by atoms with E-state index in [0.29, 0.717) is 5.92 Å². The van der Waals surface area contributed by atoms with Crippen LogP contribution in [0.15, 0.2) is 4.47 Å². The fraction of sp³-hybridized carbons (Fsp3) is 0.786. The van der Waals surface area contributed by atoms with Crippen molar-refractivity contribution in [3.05, 3.63) is 15.9 Å². The highest BCUT2D eigenvalue weighted by Gasteiger charge is 2.12. The maximum atomic E-state index is 9.06. The molecule has 0 saturated heterocycles. The van der Waals surface area contributed by atoms with Crippen molar-refractivity contribution < 1.29 is 5.11 Å². The molecular weight excluding hydrogens is 306 g/mol. The lowest BCUT2D eigenvalue weighted by atomic mass is 10.0. The first kappa shape index (κ1) is 16.7. The Hall–Kier alpha value is -0.390. The molecule has 1 aromatic rings. The number of aromatic nitrogens is 2. The smallest absolute Gasteiger partial charge is 0.0739 e. The van der Waals surface area contributed by atoms with E-state index in [2.05, 4.69) is 40.2 Å². The minimum Gasteiger partial charge on any atom is -0.396 e. The molecular formula is C14H26BrN3O. The number of nitrogens with zero attached hydrogens (tertiary/aromatic N) is 2. The third kappa shape index (κ3) is 4.89. The average Bonchev–Trinajstić information content (AvgIpc) is 2.66. The van der Waals surface area contributed by atoms with Gasteiger partial charge >= 0.3 is 0 Å². The highest BCUT2D eigenvalue weighted by atomic mass is 79.9. The summed E-state index contributed by atoms with van der Waals surface area (Å²) in [4.78, 5) is 0. The van der Waals surface area contributed by atoms with E-state index in [1.807, 2.05) is 11.6 Å².